The second-order valence-corrected chi connectivity index (χ2v) is 4.90. The fourth-order valence-corrected chi connectivity index (χ4v) is 2.15. The lowest BCUT2D eigenvalue weighted by atomic mass is 9.97. The van der Waals surface area contributed by atoms with E-state index in [2.05, 4.69) is 12.6 Å². The standard InChI is InChI=1S/C11H22F3NS/c1-4-5-15(8-11(12,13)14)6-10(7-16)9(2)3/h9-10,16H,4-8H2,1-3H3. The van der Waals surface area contributed by atoms with Crippen molar-refractivity contribution in [2.45, 2.75) is 33.4 Å². The van der Waals surface area contributed by atoms with Gasteiger partial charge in [0.25, 0.3) is 0 Å². The molecule has 0 radical (unpaired) electrons. The van der Waals surface area contributed by atoms with Crippen LogP contribution in [-0.2, 0) is 0 Å². The van der Waals surface area contributed by atoms with Gasteiger partial charge < -0.3 is 0 Å². The second-order valence-electron chi connectivity index (χ2n) is 4.54. The number of alkyl halides is 3. The van der Waals surface area contributed by atoms with E-state index in [4.69, 9.17) is 0 Å². The molecule has 0 aromatic rings. The number of nitrogens with zero attached hydrogens (tertiary/aromatic N) is 1. The molecule has 0 aliphatic heterocycles. The fourth-order valence-electron chi connectivity index (χ4n) is 1.62. The third-order valence-corrected chi connectivity index (χ3v) is 3.08. The van der Waals surface area contributed by atoms with Gasteiger partial charge >= 0.3 is 6.18 Å². The third-order valence-electron chi connectivity index (χ3n) is 2.61. The van der Waals surface area contributed by atoms with Gasteiger partial charge in [0.1, 0.15) is 0 Å². The van der Waals surface area contributed by atoms with E-state index in [1.54, 1.807) is 0 Å². The zero-order valence-electron chi connectivity index (χ0n) is 10.2. The van der Waals surface area contributed by atoms with Crippen LogP contribution in [0, 0.1) is 11.8 Å². The topological polar surface area (TPSA) is 3.24 Å². The SMILES string of the molecule is CCCN(CC(CS)C(C)C)CC(F)(F)F. The highest BCUT2D eigenvalue weighted by Crippen LogP contribution is 2.20. The van der Waals surface area contributed by atoms with Crippen molar-refractivity contribution in [3.8, 4) is 0 Å². The molecule has 0 saturated heterocycles. The minimum absolute atomic E-state index is 0.220. The number of rotatable bonds is 7. The van der Waals surface area contributed by atoms with Crippen molar-refractivity contribution >= 4 is 12.6 Å². The number of thiol groups is 1. The van der Waals surface area contributed by atoms with Crippen molar-refractivity contribution in [1.29, 1.82) is 0 Å². The first kappa shape index (κ1) is 16.1. The van der Waals surface area contributed by atoms with Crippen molar-refractivity contribution in [2.75, 3.05) is 25.4 Å². The van der Waals surface area contributed by atoms with E-state index in [0.29, 0.717) is 24.8 Å². The van der Waals surface area contributed by atoms with Crippen LogP contribution in [0.3, 0.4) is 0 Å². The summed E-state index contributed by atoms with van der Waals surface area (Å²) in [5.41, 5.74) is 0. The van der Waals surface area contributed by atoms with Crippen molar-refractivity contribution in [3.63, 3.8) is 0 Å². The van der Waals surface area contributed by atoms with Gasteiger partial charge in [-0.05, 0) is 30.6 Å². The van der Waals surface area contributed by atoms with E-state index >= 15 is 0 Å². The van der Waals surface area contributed by atoms with Gasteiger partial charge in [0.15, 0.2) is 0 Å². The van der Waals surface area contributed by atoms with Crippen molar-refractivity contribution in [1.82, 2.24) is 4.90 Å². The Hall–Kier alpha value is 0.100. The van der Waals surface area contributed by atoms with Crippen LogP contribution >= 0.6 is 12.6 Å². The molecule has 0 aromatic carbocycles. The molecule has 0 rings (SSSR count). The van der Waals surface area contributed by atoms with Crippen molar-refractivity contribution < 1.29 is 13.2 Å². The van der Waals surface area contributed by atoms with Gasteiger partial charge in [-0.1, -0.05) is 20.8 Å². The van der Waals surface area contributed by atoms with Crippen LogP contribution in [0.5, 0.6) is 0 Å². The Kier molecular flexibility index (Phi) is 7.48. The molecule has 0 N–H and O–H groups in total. The summed E-state index contributed by atoms with van der Waals surface area (Å²) in [5.74, 6) is 1.22. The van der Waals surface area contributed by atoms with Gasteiger partial charge in [-0.25, -0.2) is 0 Å². The summed E-state index contributed by atoms with van der Waals surface area (Å²) in [4.78, 5) is 1.49. The molecule has 98 valence electrons. The quantitative estimate of drug-likeness (QED) is 0.684. The summed E-state index contributed by atoms with van der Waals surface area (Å²) in [6.07, 6.45) is -3.36. The molecule has 0 aromatic heterocycles. The van der Waals surface area contributed by atoms with Gasteiger partial charge in [0.2, 0.25) is 0 Å². The summed E-state index contributed by atoms with van der Waals surface area (Å²) in [5, 5.41) is 0. The van der Waals surface area contributed by atoms with E-state index in [9.17, 15) is 13.2 Å². The largest absolute Gasteiger partial charge is 0.401 e. The minimum Gasteiger partial charge on any atom is -0.295 e. The van der Waals surface area contributed by atoms with E-state index in [0.717, 1.165) is 6.42 Å². The zero-order valence-corrected chi connectivity index (χ0v) is 11.1. The molecule has 0 fully saturated rings. The molecule has 16 heavy (non-hydrogen) atoms. The average Bonchev–Trinajstić information content (AvgIpc) is 2.11. The summed E-state index contributed by atoms with van der Waals surface area (Å²) < 4.78 is 37.0. The van der Waals surface area contributed by atoms with E-state index in [1.165, 1.54) is 4.90 Å². The minimum atomic E-state index is -4.10. The van der Waals surface area contributed by atoms with E-state index in [-0.39, 0.29) is 5.92 Å². The Bertz CT molecular complexity index is 183. The third kappa shape index (κ3) is 7.39. The highest BCUT2D eigenvalue weighted by Gasteiger charge is 2.31. The number of hydrogen-bond acceptors (Lipinski definition) is 2. The van der Waals surface area contributed by atoms with E-state index < -0.39 is 12.7 Å². The average molecular weight is 257 g/mol. The maximum Gasteiger partial charge on any atom is 0.401 e. The van der Waals surface area contributed by atoms with Crippen LogP contribution in [0.2, 0.25) is 0 Å². The van der Waals surface area contributed by atoms with E-state index in [1.807, 2.05) is 20.8 Å². The van der Waals surface area contributed by atoms with Crippen LogP contribution in [0.4, 0.5) is 13.2 Å². The fraction of sp³-hybridized carbons (Fsp3) is 1.00. The molecule has 0 bridgehead atoms. The first-order valence-electron chi connectivity index (χ1n) is 5.70. The Morgan fingerprint density at radius 1 is 1.25 bits per heavy atom. The zero-order chi connectivity index (χ0) is 12.8. The molecule has 0 aliphatic carbocycles. The van der Waals surface area contributed by atoms with Crippen LogP contribution in [0.15, 0.2) is 0 Å². The predicted octanol–water partition coefficient (Wildman–Crippen LogP) is 3.46. The Labute approximate surface area is 102 Å². The normalized spacial score (nSPS) is 14.8. The summed E-state index contributed by atoms with van der Waals surface area (Å²) >= 11 is 4.20. The lowest BCUT2D eigenvalue weighted by Gasteiger charge is -2.29. The predicted molar refractivity (Wildman–Crippen MR) is 65.0 cm³/mol. The lowest BCUT2D eigenvalue weighted by Crippen LogP contribution is -2.39. The maximum absolute atomic E-state index is 12.3. The van der Waals surface area contributed by atoms with Crippen molar-refractivity contribution in [2.24, 2.45) is 11.8 Å². The second kappa shape index (κ2) is 7.43. The monoisotopic (exact) mass is 257 g/mol. The molecule has 5 heteroatoms. The Morgan fingerprint density at radius 3 is 2.12 bits per heavy atom. The molecule has 0 heterocycles. The first-order valence-corrected chi connectivity index (χ1v) is 6.33. The van der Waals surface area contributed by atoms with Crippen molar-refractivity contribution in [3.05, 3.63) is 0 Å². The van der Waals surface area contributed by atoms with Crippen LogP contribution in [-0.4, -0.2) is 36.5 Å². The molecule has 0 saturated carbocycles. The van der Waals surface area contributed by atoms with Gasteiger partial charge in [-0.3, -0.25) is 4.90 Å². The molecule has 0 amide bonds. The lowest BCUT2D eigenvalue weighted by molar-refractivity contribution is -0.147. The highest BCUT2D eigenvalue weighted by molar-refractivity contribution is 7.80. The van der Waals surface area contributed by atoms with Crippen LogP contribution in [0.25, 0.3) is 0 Å². The molecule has 1 atom stereocenters. The van der Waals surface area contributed by atoms with Gasteiger partial charge in [0.05, 0.1) is 6.54 Å². The molecule has 0 aliphatic rings. The number of hydrogen-bond donors (Lipinski definition) is 1. The maximum atomic E-state index is 12.3. The highest BCUT2D eigenvalue weighted by atomic mass is 32.1. The first-order chi connectivity index (χ1) is 7.30. The smallest absolute Gasteiger partial charge is 0.295 e. The summed E-state index contributed by atoms with van der Waals surface area (Å²) in [6.45, 7) is 6.12. The van der Waals surface area contributed by atoms with Crippen LogP contribution in [0.1, 0.15) is 27.2 Å². The summed E-state index contributed by atoms with van der Waals surface area (Å²) in [7, 11) is 0. The molecular weight excluding hydrogens is 235 g/mol. The van der Waals surface area contributed by atoms with Gasteiger partial charge in [-0.2, -0.15) is 25.8 Å². The number of halogens is 3. The Balaban J connectivity index is 4.30. The molecule has 0 spiro atoms. The Morgan fingerprint density at radius 2 is 1.81 bits per heavy atom. The summed E-state index contributed by atoms with van der Waals surface area (Å²) in [6, 6.07) is 0. The molecule has 1 unspecified atom stereocenters. The molecular formula is C11H22F3NS. The molecule has 1 nitrogen and oxygen atoms in total. The van der Waals surface area contributed by atoms with Crippen LogP contribution < -0.4 is 0 Å². The van der Waals surface area contributed by atoms with Gasteiger partial charge in [0, 0.05) is 6.54 Å². The van der Waals surface area contributed by atoms with Gasteiger partial charge in [-0.15, -0.1) is 0 Å².